The van der Waals surface area contributed by atoms with Crippen LogP contribution in [-0.2, 0) is 0 Å². The molecular formula is C11H8BrNO. The van der Waals surface area contributed by atoms with Gasteiger partial charge in [-0.05, 0) is 22.9 Å². The summed E-state index contributed by atoms with van der Waals surface area (Å²) in [6.45, 7) is 0. The average Bonchev–Trinajstić information content (AvgIpc) is 2.17. The molecule has 0 saturated carbocycles. The van der Waals surface area contributed by atoms with Crippen LogP contribution in [0.3, 0.4) is 0 Å². The molecule has 2 rings (SSSR count). The van der Waals surface area contributed by atoms with Crippen molar-refractivity contribution >= 4 is 37.2 Å². The number of carbonyl (C=O) groups excluding carboxylic acids is 1. The lowest BCUT2D eigenvalue weighted by Crippen LogP contribution is -1.99. The molecule has 0 aliphatic rings. The Morgan fingerprint density at radius 2 is 1.79 bits per heavy atom. The molecule has 2 nitrogen and oxygen atoms in total. The molecule has 70 valence electrons. The number of hydrogen-bond acceptors (Lipinski definition) is 1. The van der Waals surface area contributed by atoms with E-state index >= 15 is 0 Å². The van der Waals surface area contributed by atoms with Crippen molar-refractivity contribution in [2.45, 2.75) is 0 Å². The minimum absolute atomic E-state index is 0.229. The summed E-state index contributed by atoms with van der Waals surface area (Å²) < 4.78 is 0. The van der Waals surface area contributed by atoms with Crippen LogP contribution in [0.15, 0.2) is 42.5 Å². The van der Waals surface area contributed by atoms with Crippen molar-refractivity contribution in [3.8, 4) is 0 Å². The number of anilines is 1. The zero-order valence-corrected chi connectivity index (χ0v) is 8.91. The first kappa shape index (κ1) is 9.21. The molecule has 3 heteroatoms. The lowest BCUT2D eigenvalue weighted by molar-refractivity contribution is 0.270. The molecule has 1 N–H and O–H groups in total. The normalized spacial score (nSPS) is 10.1. The second kappa shape index (κ2) is 3.80. The number of nitrogens with one attached hydrogen (secondary N) is 1. The van der Waals surface area contributed by atoms with Gasteiger partial charge < -0.3 is 5.32 Å². The fraction of sp³-hybridized carbons (Fsp3) is 0. The van der Waals surface area contributed by atoms with Crippen LogP contribution in [0.1, 0.15) is 0 Å². The van der Waals surface area contributed by atoms with Gasteiger partial charge in [-0.1, -0.05) is 30.3 Å². The third-order valence-corrected chi connectivity index (χ3v) is 2.19. The average molecular weight is 250 g/mol. The van der Waals surface area contributed by atoms with Crippen molar-refractivity contribution in [3.63, 3.8) is 0 Å². The summed E-state index contributed by atoms with van der Waals surface area (Å²) in [6, 6.07) is 13.8. The molecule has 0 radical (unpaired) electrons. The van der Waals surface area contributed by atoms with Gasteiger partial charge in [-0.2, -0.15) is 0 Å². The molecule has 0 aromatic heterocycles. The Bertz CT molecular complexity index is 481. The quantitative estimate of drug-likeness (QED) is 0.605. The van der Waals surface area contributed by atoms with E-state index in [2.05, 4.69) is 21.2 Å². The van der Waals surface area contributed by atoms with E-state index in [1.165, 1.54) is 5.39 Å². The van der Waals surface area contributed by atoms with E-state index in [4.69, 9.17) is 0 Å². The topological polar surface area (TPSA) is 29.1 Å². The number of rotatable bonds is 1. The Labute approximate surface area is 90.1 Å². The molecule has 0 atom stereocenters. The van der Waals surface area contributed by atoms with E-state index in [1.54, 1.807) is 0 Å². The highest BCUT2D eigenvalue weighted by Gasteiger charge is 1.97. The Morgan fingerprint density at radius 1 is 1.07 bits per heavy atom. The second-order valence-corrected chi connectivity index (χ2v) is 3.68. The van der Waals surface area contributed by atoms with Crippen LogP contribution in [0.5, 0.6) is 0 Å². The van der Waals surface area contributed by atoms with Gasteiger partial charge >= 0.3 is 0 Å². The first-order chi connectivity index (χ1) is 6.75. The molecule has 0 fully saturated rings. The van der Waals surface area contributed by atoms with E-state index in [-0.39, 0.29) is 4.82 Å². The van der Waals surface area contributed by atoms with Crippen molar-refractivity contribution < 1.29 is 4.79 Å². The van der Waals surface area contributed by atoms with Gasteiger partial charge in [0.15, 0.2) is 0 Å². The van der Waals surface area contributed by atoms with Crippen LogP contribution in [0, 0.1) is 0 Å². The predicted molar refractivity (Wildman–Crippen MR) is 61.9 cm³/mol. The van der Waals surface area contributed by atoms with Gasteiger partial charge in [-0.3, -0.25) is 4.79 Å². The first-order valence-electron chi connectivity index (χ1n) is 4.21. The first-order valence-corrected chi connectivity index (χ1v) is 5.00. The summed E-state index contributed by atoms with van der Waals surface area (Å²) in [5, 5.41) is 4.96. The highest BCUT2D eigenvalue weighted by atomic mass is 79.9. The Hall–Kier alpha value is -1.35. The lowest BCUT2D eigenvalue weighted by Gasteiger charge is -2.02. The summed E-state index contributed by atoms with van der Waals surface area (Å²) in [5.74, 6) is 0. The molecule has 0 heterocycles. The highest BCUT2D eigenvalue weighted by Crippen LogP contribution is 2.19. The molecule has 0 aliphatic carbocycles. The standard InChI is InChI=1S/C11H8BrNO/c12-11(14)13-10-6-5-8-3-1-2-4-9(8)7-10/h1-7H,(H,13,14). The van der Waals surface area contributed by atoms with Gasteiger partial charge in [0.05, 0.1) is 0 Å². The number of benzene rings is 2. The Kier molecular flexibility index (Phi) is 2.50. The smallest absolute Gasteiger partial charge is 0.291 e. The number of hydrogen-bond donors (Lipinski definition) is 1. The van der Waals surface area contributed by atoms with E-state index < -0.39 is 0 Å². The molecule has 2 aromatic rings. The summed E-state index contributed by atoms with van der Waals surface area (Å²) >= 11 is 2.83. The van der Waals surface area contributed by atoms with E-state index in [0.29, 0.717) is 0 Å². The predicted octanol–water partition coefficient (Wildman–Crippen LogP) is 3.77. The maximum atomic E-state index is 10.8. The van der Waals surface area contributed by atoms with Crippen LogP contribution >= 0.6 is 15.9 Å². The summed E-state index contributed by atoms with van der Waals surface area (Å²) in [5.41, 5.74) is 0.797. The molecule has 0 unspecified atom stereocenters. The number of fused-ring (bicyclic) bond motifs is 1. The SMILES string of the molecule is O=C(Br)Nc1ccc2ccccc2c1. The van der Waals surface area contributed by atoms with Crippen molar-refractivity contribution in [3.05, 3.63) is 42.5 Å². The number of carbonyl (C=O) groups is 1. The highest BCUT2D eigenvalue weighted by molar-refractivity contribution is 9.18. The molecule has 14 heavy (non-hydrogen) atoms. The van der Waals surface area contributed by atoms with Gasteiger partial charge in [0.2, 0.25) is 0 Å². The number of amides is 1. The molecule has 0 saturated heterocycles. The Morgan fingerprint density at radius 3 is 2.50 bits per heavy atom. The van der Waals surface area contributed by atoms with Crippen molar-refractivity contribution in [1.82, 2.24) is 0 Å². The van der Waals surface area contributed by atoms with Crippen LogP contribution in [0.4, 0.5) is 10.5 Å². The van der Waals surface area contributed by atoms with Gasteiger partial charge in [-0.15, -0.1) is 0 Å². The Balaban J connectivity index is 2.46. The molecule has 0 bridgehead atoms. The fourth-order valence-corrected chi connectivity index (χ4v) is 1.61. The zero-order chi connectivity index (χ0) is 9.97. The van der Waals surface area contributed by atoms with Crippen LogP contribution < -0.4 is 5.32 Å². The van der Waals surface area contributed by atoms with Crippen LogP contribution in [-0.4, -0.2) is 4.82 Å². The van der Waals surface area contributed by atoms with Gasteiger partial charge in [0.1, 0.15) is 0 Å². The van der Waals surface area contributed by atoms with E-state index in [1.807, 2.05) is 42.5 Å². The van der Waals surface area contributed by atoms with Crippen LogP contribution in [0.2, 0.25) is 0 Å². The van der Waals surface area contributed by atoms with Gasteiger partial charge in [0, 0.05) is 21.6 Å². The van der Waals surface area contributed by atoms with E-state index in [9.17, 15) is 4.79 Å². The molecule has 2 aromatic carbocycles. The van der Waals surface area contributed by atoms with Gasteiger partial charge in [0.25, 0.3) is 4.82 Å². The maximum absolute atomic E-state index is 10.8. The third-order valence-electron chi connectivity index (χ3n) is 1.99. The summed E-state index contributed by atoms with van der Waals surface area (Å²) in [6.07, 6.45) is 0. The van der Waals surface area contributed by atoms with Crippen molar-refractivity contribution in [2.75, 3.05) is 5.32 Å². The molecule has 1 amide bonds. The molecule has 0 spiro atoms. The monoisotopic (exact) mass is 249 g/mol. The zero-order valence-electron chi connectivity index (χ0n) is 7.33. The third kappa shape index (κ3) is 1.93. The van der Waals surface area contributed by atoms with E-state index in [0.717, 1.165) is 11.1 Å². The summed E-state index contributed by atoms with van der Waals surface area (Å²) in [4.78, 5) is 10.5. The van der Waals surface area contributed by atoms with Gasteiger partial charge in [-0.25, -0.2) is 0 Å². The molecular weight excluding hydrogens is 242 g/mol. The number of halogens is 1. The lowest BCUT2D eigenvalue weighted by atomic mass is 10.1. The molecule has 0 aliphatic heterocycles. The summed E-state index contributed by atoms with van der Waals surface area (Å²) in [7, 11) is 0. The second-order valence-electron chi connectivity index (χ2n) is 2.96. The van der Waals surface area contributed by atoms with Crippen LogP contribution in [0.25, 0.3) is 10.8 Å². The maximum Gasteiger partial charge on any atom is 0.291 e. The van der Waals surface area contributed by atoms with Crippen molar-refractivity contribution in [2.24, 2.45) is 0 Å². The van der Waals surface area contributed by atoms with Crippen molar-refractivity contribution in [1.29, 1.82) is 0 Å². The fourth-order valence-electron chi connectivity index (χ4n) is 1.38. The minimum atomic E-state index is -0.229. The minimum Gasteiger partial charge on any atom is -0.317 e. The largest absolute Gasteiger partial charge is 0.317 e.